The first-order valence-electron chi connectivity index (χ1n) is 10.4. The van der Waals surface area contributed by atoms with Gasteiger partial charge in [-0.05, 0) is 55.6 Å². The highest BCUT2D eigenvalue weighted by atomic mass is 32.2. The zero-order valence-corrected chi connectivity index (χ0v) is 18.6. The van der Waals surface area contributed by atoms with E-state index in [0.717, 1.165) is 38.2 Å². The number of sulfonamides is 1. The molecule has 0 unspecified atom stereocenters. The maximum Gasteiger partial charge on any atom is 0.244 e. The van der Waals surface area contributed by atoms with Crippen molar-refractivity contribution in [2.45, 2.75) is 31.2 Å². The van der Waals surface area contributed by atoms with Crippen LogP contribution in [0, 0.1) is 6.92 Å². The summed E-state index contributed by atoms with van der Waals surface area (Å²) in [5, 5.41) is 3.87. The highest BCUT2D eigenvalue weighted by molar-refractivity contribution is 7.89. The predicted molar refractivity (Wildman–Crippen MR) is 118 cm³/mol. The molecule has 0 bridgehead atoms. The van der Waals surface area contributed by atoms with Gasteiger partial charge in [-0.3, -0.25) is 4.90 Å². The predicted octanol–water partition coefficient (Wildman–Crippen LogP) is 3.39. The molecule has 31 heavy (non-hydrogen) atoms. The molecule has 0 radical (unpaired) electrons. The van der Waals surface area contributed by atoms with Gasteiger partial charge < -0.3 is 9.26 Å². The molecule has 0 fully saturated rings. The second-order valence-electron chi connectivity index (χ2n) is 7.74. The van der Waals surface area contributed by atoms with E-state index in [-0.39, 0.29) is 4.90 Å². The van der Waals surface area contributed by atoms with E-state index in [1.54, 1.807) is 24.3 Å². The van der Waals surface area contributed by atoms with Crippen LogP contribution in [-0.2, 0) is 23.0 Å². The van der Waals surface area contributed by atoms with Gasteiger partial charge in [-0.15, -0.1) is 0 Å². The van der Waals surface area contributed by atoms with E-state index < -0.39 is 10.0 Å². The summed E-state index contributed by atoms with van der Waals surface area (Å²) in [5.41, 5.74) is 4.13. The molecule has 3 aromatic rings. The molecule has 2 heterocycles. The Morgan fingerprint density at radius 3 is 2.71 bits per heavy atom. The average molecular weight is 442 g/mol. The van der Waals surface area contributed by atoms with Crippen LogP contribution in [0.2, 0.25) is 0 Å². The fraction of sp³-hybridized carbons (Fsp3) is 0.348. The summed E-state index contributed by atoms with van der Waals surface area (Å²) < 4.78 is 39.2. The lowest BCUT2D eigenvalue weighted by molar-refractivity contribution is 0.251. The molecule has 2 aromatic carbocycles. The summed E-state index contributed by atoms with van der Waals surface area (Å²) in [6.45, 7) is 4.92. The molecule has 0 saturated carbocycles. The number of benzene rings is 2. The first-order valence-corrected chi connectivity index (χ1v) is 11.8. The number of hydrogen-bond donors (Lipinski definition) is 1. The minimum absolute atomic E-state index is 0.0912. The van der Waals surface area contributed by atoms with Gasteiger partial charge in [0.1, 0.15) is 10.6 Å². The molecule has 0 saturated heterocycles. The lowest BCUT2D eigenvalue weighted by atomic mass is 10.00. The van der Waals surface area contributed by atoms with E-state index in [4.69, 9.17) is 9.26 Å². The smallest absolute Gasteiger partial charge is 0.244 e. The van der Waals surface area contributed by atoms with Crippen molar-refractivity contribution in [3.05, 3.63) is 65.4 Å². The van der Waals surface area contributed by atoms with Crippen LogP contribution in [0.1, 0.15) is 23.2 Å². The van der Waals surface area contributed by atoms with Crippen molar-refractivity contribution in [1.82, 2.24) is 14.8 Å². The number of nitrogens with zero attached hydrogens (tertiary/aromatic N) is 2. The Balaban J connectivity index is 1.38. The molecular weight excluding hydrogens is 414 g/mol. The number of hydrogen-bond acceptors (Lipinski definition) is 6. The fourth-order valence-corrected chi connectivity index (χ4v) is 5.14. The number of ether oxygens (including phenoxy) is 1. The first kappa shape index (κ1) is 21.5. The van der Waals surface area contributed by atoms with Crippen LogP contribution in [0.25, 0.3) is 11.3 Å². The van der Waals surface area contributed by atoms with Crippen molar-refractivity contribution in [1.29, 1.82) is 0 Å². The molecule has 0 amide bonds. The van der Waals surface area contributed by atoms with E-state index in [1.807, 2.05) is 6.92 Å². The van der Waals surface area contributed by atoms with E-state index in [0.29, 0.717) is 23.6 Å². The molecule has 0 spiro atoms. The Kier molecular flexibility index (Phi) is 6.41. The van der Waals surface area contributed by atoms with Crippen LogP contribution >= 0.6 is 0 Å². The molecule has 1 N–H and O–H groups in total. The van der Waals surface area contributed by atoms with Crippen molar-refractivity contribution in [2.75, 3.05) is 26.7 Å². The Morgan fingerprint density at radius 2 is 1.97 bits per heavy atom. The summed E-state index contributed by atoms with van der Waals surface area (Å²) in [6, 6.07) is 15.2. The van der Waals surface area contributed by atoms with Gasteiger partial charge in [0.15, 0.2) is 5.76 Å². The second kappa shape index (κ2) is 9.21. The summed E-state index contributed by atoms with van der Waals surface area (Å²) in [7, 11) is -2.27. The molecule has 7 nitrogen and oxygen atoms in total. The fourth-order valence-electron chi connectivity index (χ4n) is 3.87. The average Bonchev–Trinajstić information content (AvgIpc) is 3.22. The molecular formula is C23H27N3O4S. The molecule has 0 atom stereocenters. The zero-order chi connectivity index (χ0) is 21.8. The monoisotopic (exact) mass is 441 g/mol. The zero-order valence-electron chi connectivity index (χ0n) is 17.8. The highest BCUT2D eigenvalue weighted by Crippen LogP contribution is 2.30. The first-order chi connectivity index (χ1) is 15.0. The maximum absolute atomic E-state index is 13.0. The van der Waals surface area contributed by atoms with E-state index in [1.165, 1.54) is 18.2 Å². The van der Waals surface area contributed by atoms with Crippen molar-refractivity contribution >= 4 is 10.0 Å². The van der Waals surface area contributed by atoms with Crippen LogP contribution in [0.5, 0.6) is 5.75 Å². The Bertz CT molecular complexity index is 1160. The SMILES string of the molecule is COc1ccc(-c2cc(C)no2)cc1S(=O)(=O)NCCCN1CCc2ccccc2C1. The van der Waals surface area contributed by atoms with Gasteiger partial charge in [0.2, 0.25) is 10.0 Å². The maximum atomic E-state index is 13.0. The summed E-state index contributed by atoms with van der Waals surface area (Å²) in [5.74, 6) is 0.808. The third-order valence-electron chi connectivity index (χ3n) is 5.52. The van der Waals surface area contributed by atoms with Crippen LogP contribution in [0.4, 0.5) is 0 Å². The van der Waals surface area contributed by atoms with Crippen molar-refractivity contribution < 1.29 is 17.7 Å². The third kappa shape index (κ3) is 4.98. The largest absolute Gasteiger partial charge is 0.495 e. The summed E-state index contributed by atoms with van der Waals surface area (Å²) in [6.07, 6.45) is 1.76. The van der Waals surface area contributed by atoms with Gasteiger partial charge in [-0.25, -0.2) is 13.1 Å². The van der Waals surface area contributed by atoms with Gasteiger partial charge in [-0.2, -0.15) is 0 Å². The summed E-state index contributed by atoms with van der Waals surface area (Å²) >= 11 is 0. The normalized spacial score (nSPS) is 14.4. The molecule has 1 aliphatic rings. The lowest BCUT2D eigenvalue weighted by Crippen LogP contribution is -2.33. The van der Waals surface area contributed by atoms with E-state index >= 15 is 0 Å². The number of aryl methyl sites for hydroxylation is 1. The van der Waals surface area contributed by atoms with E-state index in [2.05, 4.69) is 39.0 Å². The van der Waals surface area contributed by atoms with Gasteiger partial charge >= 0.3 is 0 Å². The van der Waals surface area contributed by atoms with Gasteiger partial charge in [0.25, 0.3) is 0 Å². The molecule has 4 rings (SSSR count). The van der Waals surface area contributed by atoms with Crippen LogP contribution in [-0.4, -0.2) is 45.2 Å². The molecule has 1 aliphatic heterocycles. The number of aromatic nitrogens is 1. The minimum Gasteiger partial charge on any atom is -0.495 e. The minimum atomic E-state index is -3.73. The van der Waals surface area contributed by atoms with Crippen molar-refractivity contribution in [3.8, 4) is 17.1 Å². The van der Waals surface area contributed by atoms with Gasteiger partial charge in [0, 0.05) is 31.3 Å². The van der Waals surface area contributed by atoms with Crippen LogP contribution in [0.3, 0.4) is 0 Å². The molecule has 1 aromatic heterocycles. The standard InChI is InChI=1S/C23H27N3O4S/c1-17-14-22(30-25-17)19-8-9-21(29-2)23(15-19)31(27,28)24-11-5-12-26-13-10-18-6-3-4-7-20(18)16-26/h3-4,6-9,14-15,24H,5,10-13,16H2,1-2H3. The molecule has 8 heteroatoms. The quantitative estimate of drug-likeness (QED) is 0.540. The van der Waals surface area contributed by atoms with Crippen LogP contribution in [0.15, 0.2) is 57.9 Å². The summed E-state index contributed by atoms with van der Waals surface area (Å²) in [4.78, 5) is 2.46. The van der Waals surface area contributed by atoms with Gasteiger partial charge in [0.05, 0.1) is 12.8 Å². The molecule has 164 valence electrons. The van der Waals surface area contributed by atoms with Crippen LogP contribution < -0.4 is 9.46 Å². The third-order valence-corrected chi connectivity index (χ3v) is 7.00. The topological polar surface area (TPSA) is 84.7 Å². The van der Waals surface area contributed by atoms with Crippen molar-refractivity contribution in [3.63, 3.8) is 0 Å². The second-order valence-corrected chi connectivity index (χ2v) is 9.48. The number of fused-ring (bicyclic) bond motifs is 1. The Labute approximate surface area is 183 Å². The Hall–Kier alpha value is -2.68. The number of nitrogens with one attached hydrogen (secondary N) is 1. The van der Waals surface area contributed by atoms with E-state index in [9.17, 15) is 8.42 Å². The number of rotatable bonds is 8. The molecule has 0 aliphatic carbocycles. The highest BCUT2D eigenvalue weighted by Gasteiger charge is 2.21. The van der Waals surface area contributed by atoms with Gasteiger partial charge in [-0.1, -0.05) is 29.4 Å². The Morgan fingerprint density at radius 1 is 1.16 bits per heavy atom. The lowest BCUT2D eigenvalue weighted by Gasteiger charge is -2.28. The van der Waals surface area contributed by atoms with Crippen molar-refractivity contribution in [2.24, 2.45) is 0 Å². The number of methoxy groups -OCH3 is 1.